The van der Waals surface area contributed by atoms with Crippen LogP contribution in [0.1, 0.15) is 41.3 Å². The van der Waals surface area contributed by atoms with Gasteiger partial charge in [-0.3, -0.25) is 20.2 Å². The number of aromatic nitrogens is 1. The highest BCUT2D eigenvalue weighted by Gasteiger charge is 2.24. The Balaban J connectivity index is 1.32. The number of benzene rings is 3. The number of hydrogen-bond donors (Lipinski definition) is 2. The molecule has 0 bridgehead atoms. The Morgan fingerprint density at radius 3 is 2.66 bits per heavy atom. The maximum atomic E-state index is 12.9. The van der Waals surface area contributed by atoms with E-state index in [1.165, 1.54) is 11.6 Å². The molecule has 0 saturated carbocycles. The number of fused-ring (bicyclic) bond motifs is 1. The summed E-state index contributed by atoms with van der Waals surface area (Å²) in [6, 6.07) is 16.2. The van der Waals surface area contributed by atoms with Gasteiger partial charge in [0.1, 0.15) is 11.2 Å². The zero-order valence-electron chi connectivity index (χ0n) is 21.1. The highest BCUT2D eigenvalue weighted by atomic mass is 32.1. The maximum Gasteiger partial charge on any atom is 0.293 e. The molecule has 1 fully saturated rings. The van der Waals surface area contributed by atoms with Crippen molar-refractivity contribution in [2.75, 3.05) is 23.3 Å². The lowest BCUT2D eigenvalue weighted by Crippen LogP contribution is -2.34. The molecule has 38 heavy (non-hydrogen) atoms. The van der Waals surface area contributed by atoms with Crippen molar-refractivity contribution in [2.45, 2.75) is 33.1 Å². The molecule has 3 aromatic carbocycles. The second kappa shape index (κ2) is 10.6. The number of thiocarbonyl (C=S) groups is 1. The molecule has 9 nitrogen and oxygen atoms in total. The van der Waals surface area contributed by atoms with Gasteiger partial charge in [-0.15, -0.1) is 0 Å². The lowest BCUT2D eigenvalue weighted by Gasteiger charge is -2.18. The molecule has 0 spiro atoms. The summed E-state index contributed by atoms with van der Waals surface area (Å²) in [5, 5.41) is 17.4. The van der Waals surface area contributed by atoms with Crippen LogP contribution < -0.4 is 15.5 Å². The van der Waals surface area contributed by atoms with Gasteiger partial charge in [0.25, 0.3) is 11.6 Å². The third-order valence-electron chi connectivity index (χ3n) is 6.70. The fraction of sp³-hybridized carbons (Fsp3) is 0.250. The number of nitro benzene ring substituents is 1. The van der Waals surface area contributed by atoms with Crippen LogP contribution in [0.3, 0.4) is 0 Å². The minimum Gasteiger partial charge on any atom is -0.436 e. The van der Waals surface area contributed by atoms with E-state index in [0.717, 1.165) is 49.0 Å². The Labute approximate surface area is 225 Å². The smallest absolute Gasteiger partial charge is 0.293 e. The van der Waals surface area contributed by atoms with Crippen LogP contribution in [-0.2, 0) is 6.42 Å². The molecular formula is C28H27N5O4S. The van der Waals surface area contributed by atoms with Crippen molar-refractivity contribution in [2.24, 2.45) is 0 Å². The summed E-state index contributed by atoms with van der Waals surface area (Å²) >= 11 is 5.39. The van der Waals surface area contributed by atoms with E-state index < -0.39 is 10.8 Å². The number of hydrogen-bond acceptors (Lipinski definition) is 7. The second-order valence-electron chi connectivity index (χ2n) is 9.27. The summed E-state index contributed by atoms with van der Waals surface area (Å²) < 4.78 is 5.95. The van der Waals surface area contributed by atoms with Gasteiger partial charge in [-0.1, -0.05) is 19.1 Å². The average molecular weight is 530 g/mol. The summed E-state index contributed by atoms with van der Waals surface area (Å²) in [7, 11) is 0. The molecule has 0 aliphatic carbocycles. The summed E-state index contributed by atoms with van der Waals surface area (Å²) in [5.74, 6) is -0.0466. The van der Waals surface area contributed by atoms with Crippen molar-refractivity contribution in [3.05, 3.63) is 81.4 Å². The second-order valence-corrected chi connectivity index (χ2v) is 9.68. The van der Waals surface area contributed by atoms with Crippen LogP contribution in [0.25, 0.3) is 22.6 Å². The Morgan fingerprint density at radius 1 is 1.13 bits per heavy atom. The highest BCUT2D eigenvalue weighted by Crippen LogP contribution is 2.32. The number of rotatable bonds is 6. The molecule has 1 aliphatic heterocycles. The molecular weight excluding hydrogens is 502 g/mol. The molecule has 2 N–H and O–H groups in total. The van der Waals surface area contributed by atoms with Crippen LogP contribution in [0.2, 0.25) is 0 Å². The van der Waals surface area contributed by atoms with Crippen LogP contribution in [0.15, 0.2) is 59.0 Å². The van der Waals surface area contributed by atoms with E-state index in [9.17, 15) is 14.9 Å². The molecule has 1 saturated heterocycles. The lowest BCUT2D eigenvalue weighted by atomic mass is 10.1. The number of aryl methyl sites for hydroxylation is 2. The number of anilines is 2. The molecule has 0 atom stereocenters. The Hall–Kier alpha value is -4.31. The van der Waals surface area contributed by atoms with Crippen molar-refractivity contribution in [1.29, 1.82) is 0 Å². The van der Waals surface area contributed by atoms with Crippen LogP contribution in [0.5, 0.6) is 0 Å². The molecule has 1 aromatic heterocycles. The molecule has 2 heterocycles. The van der Waals surface area contributed by atoms with Crippen LogP contribution in [0, 0.1) is 17.0 Å². The summed E-state index contributed by atoms with van der Waals surface area (Å²) in [6.07, 6.45) is 2.90. The third kappa shape index (κ3) is 5.21. The molecule has 0 radical (unpaired) electrons. The van der Waals surface area contributed by atoms with E-state index in [0.29, 0.717) is 22.8 Å². The molecule has 10 heteroatoms. The molecule has 4 aromatic rings. The average Bonchev–Trinajstić information content (AvgIpc) is 3.59. The van der Waals surface area contributed by atoms with Crippen LogP contribution >= 0.6 is 12.2 Å². The number of oxazole rings is 1. The third-order valence-corrected chi connectivity index (χ3v) is 6.91. The van der Waals surface area contributed by atoms with Gasteiger partial charge in [0, 0.05) is 36.0 Å². The van der Waals surface area contributed by atoms with Gasteiger partial charge in [-0.05, 0) is 85.9 Å². The number of nitro groups is 1. The Bertz CT molecular complexity index is 1560. The van der Waals surface area contributed by atoms with E-state index in [4.69, 9.17) is 16.6 Å². The van der Waals surface area contributed by atoms with Crippen molar-refractivity contribution < 1.29 is 14.1 Å². The van der Waals surface area contributed by atoms with E-state index in [-0.39, 0.29) is 16.4 Å². The molecule has 5 rings (SSSR count). The summed E-state index contributed by atoms with van der Waals surface area (Å²) in [5.41, 5.74) is 5.62. The number of nitrogens with one attached hydrogen (secondary N) is 2. The normalized spacial score (nSPS) is 13.1. The predicted molar refractivity (Wildman–Crippen MR) is 152 cm³/mol. The first-order valence-electron chi connectivity index (χ1n) is 12.5. The van der Waals surface area contributed by atoms with Crippen LogP contribution in [-0.4, -0.2) is 34.0 Å². The predicted octanol–water partition coefficient (Wildman–Crippen LogP) is 6.00. The number of amides is 1. The van der Waals surface area contributed by atoms with E-state index in [1.54, 1.807) is 12.1 Å². The van der Waals surface area contributed by atoms with Gasteiger partial charge in [-0.25, -0.2) is 4.98 Å². The topological polar surface area (TPSA) is 114 Å². The standard InChI is InChI=1S/C28H27N5O4S/c1-3-18-7-11-25-22(14-18)29-27(37-25)20-8-6-17(2)21(15-20)30-28(38)31-26(34)19-9-10-23(24(16-19)33(35)36)32-12-4-5-13-32/h6-11,14-16H,3-5,12-13H2,1-2H3,(H2,30,31,34,38). The SMILES string of the molecule is CCc1ccc2oc(-c3ccc(C)c(NC(=S)NC(=O)c4ccc(N5CCCC5)c([N+](=O)[O-])c4)c3)nc2c1. The number of nitrogens with zero attached hydrogens (tertiary/aromatic N) is 3. The van der Waals surface area contributed by atoms with Gasteiger partial charge >= 0.3 is 0 Å². The van der Waals surface area contributed by atoms with Gasteiger partial charge < -0.3 is 14.6 Å². The van der Waals surface area contributed by atoms with E-state index in [1.807, 2.05) is 48.2 Å². The molecule has 194 valence electrons. The van der Waals surface area contributed by atoms with Crippen molar-refractivity contribution in [1.82, 2.24) is 10.3 Å². The summed E-state index contributed by atoms with van der Waals surface area (Å²) in [6.45, 7) is 5.54. The lowest BCUT2D eigenvalue weighted by molar-refractivity contribution is -0.384. The van der Waals surface area contributed by atoms with Crippen molar-refractivity contribution >= 4 is 51.4 Å². The van der Waals surface area contributed by atoms with Gasteiger partial charge in [-0.2, -0.15) is 0 Å². The summed E-state index contributed by atoms with van der Waals surface area (Å²) in [4.78, 5) is 30.7. The number of carbonyl (C=O) groups excluding carboxylic acids is 1. The minimum absolute atomic E-state index is 0.0756. The van der Waals surface area contributed by atoms with E-state index >= 15 is 0 Å². The molecule has 1 aliphatic rings. The Morgan fingerprint density at radius 2 is 1.92 bits per heavy atom. The van der Waals surface area contributed by atoms with Gasteiger partial charge in [0.05, 0.1) is 4.92 Å². The maximum absolute atomic E-state index is 12.9. The largest absolute Gasteiger partial charge is 0.436 e. The molecule has 0 unspecified atom stereocenters. The zero-order valence-corrected chi connectivity index (χ0v) is 21.9. The van der Waals surface area contributed by atoms with Crippen molar-refractivity contribution in [3.63, 3.8) is 0 Å². The fourth-order valence-corrected chi connectivity index (χ4v) is 4.77. The fourth-order valence-electron chi connectivity index (χ4n) is 4.57. The Kier molecular flexibility index (Phi) is 7.06. The zero-order chi connectivity index (χ0) is 26.8. The minimum atomic E-state index is -0.530. The van der Waals surface area contributed by atoms with Gasteiger partial charge in [0.15, 0.2) is 10.7 Å². The quantitative estimate of drug-likeness (QED) is 0.178. The first kappa shape index (κ1) is 25.3. The van der Waals surface area contributed by atoms with E-state index in [2.05, 4.69) is 22.5 Å². The first-order valence-corrected chi connectivity index (χ1v) is 12.9. The van der Waals surface area contributed by atoms with Crippen molar-refractivity contribution in [3.8, 4) is 11.5 Å². The number of carbonyl (C=O) groups is 1. The molecule has 1 amide bonds. The van der Waals surface area contributed by atoms with Crippen LogP contribution in [0.4, 0.5) is 17.1 Å². The van der Waals surface area contributed by atoms with Gasteiger partial charge in [0.2, 0.25) is 5.89 Å². The monoisotopic (exact) mass is 529 g/mol. The highest BCUT2D eigenvalue weighted by molar-refractivity contribution is 7.80. The first-order chi connectivity index (χ1) is 18.3.